The Balaban J connectivity index is 0. The van der Waals surface area contributed by atoms with E-state index in [0.29, 0.717) is 5.92 Å². The first-order valence-corrected chi connectivity index (χ1v) is 6.33. The van der Waals surface area contributed by atoms with E-state index in [1.54, 1.807) is 0 Å². The number of aryl methyl sites for hydroxylation is 1. The highest BCUT2D eigenvalue weighted by atomic mass is 14.0. The van der Waals surface area contributed by atoms with Crippen molar-refractivity contribution in [3.63, 3.8) is 0 Å². The molecule has 0 unspecified atom stereocenters. The minimum atomic E-state index is 0.654. The van der Waals surface area contributed by atoms with Crippen molar-refractivity contribution in [2.75, 3.05) is 0 Å². The molecule has 0 aliphatic heterocycles. The molecular weight excluding hydrogens is 180 g/mol. The molecule has 0 aliphatic rings. The third-order valence-electron chi connectivity index (χ3n) is 2.03. The summed E-state index contributed by atoms with van der Waals surface area (Å²) in [6, 6.07) is 8.83. The lowest BCUT2D eigenvalue weighted by atomic mass is 10.0. The highest BCUT2D eigenvalue weighted by molar-refractivity contribution is 5.25. The molecule has 88 valence electrons. The van der Waals surface area contributed by atoms with Crippen molar-refractivity contribution < 1.29 is 0 Å². The van der Waals surface area contributed by atoms with Crippen molar-refractivity contribution in [3.05, 3.63) is 35.4 Å². The van der Waals surface area contributed by atoms with Crippen LogP contribution in [0.4, 0.5) is 0 Å². The molecule has 0 radical (unpaired) electrons. The Kier molecular flexibility index (Phi) is 12.5. The van der Waals surface area contributed by atoms with Crippen LogP contribution in [0, 0.1) is 0 Å². The lowest BCUT2D eigenvalue weighted by Gasteiger charge is -2.05. The van der Waals surface area contributed by atoms with E-state index >= 15 is 0 Å². The molecule has 0 heterocycles. The number of hydrogen-bond acceptors (Lipinski definition) is 0. The largest absolute Gasteiger partial charge is 0.0683 e. The summed E-state index contributed by atoms with van der Waals surface area (Å²) in [4.78, 5) is 0. The van der Waals surface area contributed by atoms with Crippen LogP contribution in [0.25, 0.3) is 0 Å². The number of hydrogen-bond donors (Lipinski definition) is 0. The van der Waals surface area contributed by atoms with Gasteiger partial charge in [0.05, 0.1) is 0 Å². The van der Waals surface area contributed by atoms with Gasteiger partial charge in [-0.15, -0.1) is 0 Å². The first kappa shape index (κ1) is 16.6. The maximum atomic E-state index is 2.30. The third kappa shape index (κ3) is 7.18. The maximum absolute atomic E-state index is 2.30. The molecule has 15 heavy (non-hydrogen) atoms. The Morgan fingerprint density at radius 1 is 1.00 bits per heavy atom. The summed E-state index contributed by atoms with van der Waals surface area (Å²) in [6.07, 6.45) is 1.14. The second-order valence-corrected chi connectivity index (χ2v) is 3.25. The molecule has 0 saturated carbocycles. The quantitative estimate of drug-likeness (QED) is 0.608. The van der Waals surface area contributed by atoms with Crippen LogP contribution in [-0.4, -0.2) is 0 Å². The van der Waals surface area contributed by atoms with E-state index in [2.05, 4.69) is 45.0 Å². The lowest BCUT2D eigenvalue weighted by molar-refractivity contribution is 0.862. The van der Waals surface area contributed by atoms with Gasteiger partial charge in [-0.25, -0.2) is 0 Å². The Bertz CT molecular complexity index is 223. The molecule has 0 nitrogen and oxygen atoms in total. The smallest absolute Gasteiger partial charge is 0.0219 e. The van der Waals surface area contributed by atoms with Crippen LogP contribution in [0.2, 0.25) is 0 Å². The van der Waals surface area contributed by atoms with Gasteiger partial charge in [0.15, 0.2) is 0 Å². The summed E-state index contributed by atoms with van der Waals surface area (Å²) in [5.74, 6) is 0.654. The predicted molar refractivity (Wildman–Crippen MR) is 72.6 cm³/mol. The van der Waals surface area contributed by atoms with E-state index in [4.69, 9.17) is 0 Å². The standard InChI is InChI=1S/C11H16.2C2H6/c1-4-10-6-5-7-11(8-10)9(2)3;2*1-2/h5-9H,4H2,1-3H3;2*1-2H3. The van der Waals surface area contributed by atoms with Gasteiger partial charge in [-0.1, -0.05) is 72.7 Å². The SMILES string of the molecule is CC.CC.CCc1cccc(C(C)C)c1. The minimum Gasteiger partial charge on any atom is -0.0683 e. The monoisotopic (exact) mass is 208 g/mol. The highest BCUT2D eigenvalue weighted by Crippen LogP contribution is 2.15. The molecule has 1 aromatic carbocycles. The molecule has 0 heteroatoms. The Labute approximate surface area is 96.7 Å². The highest BCUT2D eigenvalue weighted by Gasteiger charge is 1.97. The van der Waals surface area contributed by atoms with E-state index in [1.165, 1.54) is 11.1 Å². The van der Waals surface area contributed by atoms with E-state index < -0.39 is 0 Å². The van der Waals surface area contributed by atoms with E-state index in [-0.39, 0.29) is 0 Å². The summed E-state index contributed by atoms with van der Waals surface area (Å²) in [6.45, 7) is 14.7. The fraction of sp³-hybridized carbons (Fsp3) is 0.600. The summed E-state index contributed by atoms with van der Waals surface area (Å²) >= 11 is 0. The fourth-order valence-electron chi connectivity index (χ4n) is 1.17. The molecule has 0 atom stereocenters. The zero-order valence-corrected chi connectivity index (χ0v) is 11.6. The summed E-state index contributed by atoms with van der Waals surface area (Å²) in [5, 5.41) is 0. The van der Waals surface area contributed by atoms with Crippen LogP contribution in [-0.2, 0) is 6.42 Å². The van der Waals surface area contributed by atoms with Gasteiger partial charge in [0, 0.05) is 0 Å². The maximum Gasteiger partial charge on any atom is -0.0219 e. The first-order valence-electron chi connectivity index (χ1n) is 6.33. The molecule has 0 aromatic heterocycles. The first-order chi connectivity index (χ1) is 7.24. The molecule has 0 aliphatic carbocycles. The van der Waals surface area contributed by atoms with Crippen molar-refractivity contribution in [1.82, 2.24) is 0 Å². The molecule has 1 rings (SSSR count). The van der Waals surface area contributed by atoms with Gasteiger partial charge < -0.3 is 0 Å². The van der Waals surface area contributed by atoms with Gasteiger partial charge in [-0.3, -0.25) is 0 Å². The summed E-state index contributed by atoms with van der Waals surface area (Å²) in [7, 11) is 0. The Morgan fingerprint density at radius 2 is 1.53 bits per heavy atom. The van der Waals surface area contributed by atoms with E-state index in [1.807, 2.05) is 27.7 Å². The summed E-state index contributed by atoms with van der Waals surface area (Å²) in [5.41, 5.74) is 2.89. The predicted octanol–water partition coefficient (Wildman–Crippen LogP) is 5.42. The van der Waals surface area contributed by atoms with E-state index in [0.717, 1.165) is 6.42 Å². The molecule has 0 N–H and O–H groups in total. The van der Waals surface area contributed by atoms with Gasteiger partial charge in [0.1, 0.15) is 0 Å². The van der Waals surface area contributed by atoms with Gasteiger partial charge in [-0.2, -0.15) is 0 Å². The molecular formula is C15H28. The molecule has 0 saturated heterocycles. The van der Waals surface area contributed by atoms with E-state index in [9.17, 15) is 0 Å². The van der Waals surface area contributed by atoms with Crippen LogP contribution >= 0.6 is 0 Å². The van der Waals surface area contributed by atoms with Crippen LogP contribution < -0.4 is 0 Å². The second-order valence-electron chi connectivity index (χ2n) is 3.25. The van der Waals surface area contributed by atoms with Gasteiger partial charge in [0.25, 0.3) is 0 Å². The minimum absolute atomic E-state index is 0.654. The van der Waals surface area contributed by atoms with Gasteiger partial charge in [-0.05, 0) is 23.5 Å². The topological polar surface area (TPSA) is 0 Å². The van der Waals surface area contributed by atoms with Crippen LogP contribution in [0.1, 0.15) is 65.5 Å². The normalized spacial score (nSPS) is 8.53. The van der Waals surface area contributed by atoms with Crippen LogP contribution in [0.3, 0.4) is 0 Å². The molecule has 0 amide bonds. The zero-order valence-electron chi connectivity index (χ0n) is 11.6. The third-order valence-corrected chi connectivity index (χ3v) is 2.03. The molecule has 0 spiro atoms. The molecule has 1 aromatic rings. The molecule has 0 bridgehead atoms. The average molecular weight is 208 g/mol. The summed E-state index contributed by atoms with van der Waals surface area (Å²) < 4.78 is 0. The van der Waals surface area contributed by atoms with Crippen molar-refractivity contribution in [3.8, 4) is 0 Å². The van der Waals surface area contributed by atoms with Crippen LogP contribution in [0.15, 0.2) is 24.3 Å². The van der Waals surface area contributed by atoms with Gasteiger partial charge in [0.2, 0.25) is 0 Å². The lowest BCUT2D eigenvalue weighted by Crippen LogP contribution is -1.88. The van der Waals surface area contributed by atoms with Crippen molar-refractivity contribution in [2.24, 2.45) is 0 Å². The van der Waals surface area contributed by atoms with Crippen molar-refractivity contribution in [2.45, 2.75) is 60.8 Å². The Morgan fingerprint density at radius 3 is 1.93 bits per heavy atom. The Hall–Kier alpha value is -0.780. The second kappa shape index (κ2) is 11.3. The average Bonchev–Trinajstić information content (AvgIpc) is 2.34. The number of rotatable bonds is 2. The molecule has 0 fully saturated rings. The van der Waals surface area contributed by atoms with Crippen molar-refractivity contribution >= 4 is 0 Å². The van der Waals surface area contributed by atoms with Gasteiger partial charge >= 0.3 is 0 Å². The van der Waals surface area contributed by atoms with Crippen LogP contribution in [0.5, 0.6) is 0 Å². The van der Waals surface area contributed by atoms with Crippen molar-refractivity contribution in [1.29, 1.82) is 0 Å². The zero-order chi connectivity index (χ0) is 12.3. The fourth-order valence-corrected chi connectivity index (χ4v) is 1.17. The number of benzene rings is 1.